The molecule has 18 heavy (non-hydrogen) atoms. The van der Waals surface area contributed by atoms with Crippen molar-refractivity contribution < 1.29 is 14.6 Å². The zero-order valence-electron chi connectivity index (χ0n) is 10.3. The van der Waals surface area contributed by atoms with Gasteiger partial charge in [0.1, 0.15) is 0 Å². The second kappa shape index (κ2) is 5.14. The van der Waals surface area contributed by atoms with E-state index in [9.17, 15) is 5.11 Å². The highest BCUT2D eigenvalue weighted by atomic mass is 16.7. The second-order valence-electron chi connectivity index (χ2n) is 4.68. The highest BCUT2D eigenvalue weighted by Crippen LogP contribution is 2.34. The van der Waals surface area contributed by atoms with Gasteiger partial charge in [-0.2, -0.15) is 0 Å². The minimum absolute atomic E-state index is 0.271. The third-order valence-corrected chi connectivity index (χ3v) is 3.42. The lowest BCUT2D eigenvalue weighted by molar-refractivity contribution is 0.105. The van der Waals surface area contributed by atoms with Gasteiger partial charge in [0.25, 0.3) is 0 Å². The summed E-state index contributed by atoms with van der Waals surface area (Å²) in [5, 5.41) is 13.5. The minimum atomic E-state index is -0.474. The van der Waals surface area contributed by atoms with Gasteiger partial charge in [0.2, 0.25) is 6.79 Å². The fourth-order valence-electron chi connectivity index (χ4n) is 2.36. The number of hydrogen-bond donors (Lipinski definition) is 2. The summed E-state index contributed by atoms with van der Waals surface area (Å²) in [5.41, 5.74) is 0.887. The smallest absolute Gasteiger partial charge is 0.231 e. The van der Waals surface area contributed by atoms with Crippen LogP contribution in [0.4, 0.5) is 0 Å². The number of aliphatic hydroxyl groups excluding tert-OH is 1. The molecule has 2 N–H and O–H groups in total. The number of aliphatic hydroxyl groups is 1. The quantitative estimate of drug-likeness (QED) is 0.811. The number of nitrogens with zero attached hydrogens (tertiary/aromatic N) is 1. The summed E-state index contributed by atoms with van der Waals surface area (Å²) in [6.45, 7) is 4.90. The zero-order chi connectivity index (χ0) is 12.4. The Kier molecular flexibility index (Phi) is 3.36. The molecule has 0 bridgehead atoms. The summed E-state index contributed by atoms with van der Waals surface area (Å²) in [6, 6.07) is 5.63. The lowest BCUT2D eigenvalue weighted by Gasteiger charge is -2.29. The Morgan fingerprint density at radius 1 is 1.22 bits per heavy atom. The van der Waals surface area contributed by atoms with Crippen LogP contribution in [-0.2, 0) is 0 Å². The van der Waals surface area contributed by atoms with Gasteiger partial charge < -0.3 is 19.9 Å². The highest BCUT2D eigenvalue weighted by Gasteiger charge is 2.19. The standard InChI is InChI=1S/C13H18N2O3/c16-11(8-15-5-3-14-4-6-15)10-1-2-12-13(7-10)18-9-17-12/h1-2,7,11,14,16H,3-6,8-9H2. The molecule has 0 aromatic heterocycles. The van der Waals surface area contributed by atoms with Crippen LogP contribution >= 0.6 is 0 Å². The van der Waals surface area contributed by atoms with Crippen LogP contribution in [0.25, 0.3) is 0 Å². The van der Waals surface area contributed by atoms with Crippen LogP contribution in [0.15, 0.2) is 18.2 Å². The topological polar surface area (TPSA) is 54.0 Å². The van der Waals surface area contributed by atoms with Crippen molar-refractivity contribution in [2.24, 2.45) is 0 Å². The number of β-amino-alcohol motifs (C(OH)–C–C–N with tert-alkyl or cyclic N) is 1. The van der Waals surface area contributed by atoms with Gasteiger partial charge in [0.15, 0.2) is 11.5 Å². The molecule has 5 nitrogen and oxygen atoms in total. The molecule has 0 radical (unpaired) electrons. The van der Waals surface area contributed by atoms with E-state index in [-0.39, 0.29) is 6.79 Å². The molecular weight excluding hydrogens is 232 g/mol. The molecule has 1 aromatic carbocycles. The van der Waals surface area contributed by atoms with Crippen LogP contribution in [0.2, 0.25) is 0 Å². The lowest BCUT2D eigenvalue weighted by Crippen LogP contribution is -2.44. The van der Waals surface area contributed by atoms with Crippen molar-refractivity contribution >= 4 is 0 Å². The van der Waals surface area contributed by atoms with E-state index < -0.39 is 6.10 Å². The molecule has 5 heteroatoms. The molecule has 1 atom stereocenters. The highest BCUT2D eigenvalue weighted by molar-refractivity contribution is 5.45. The van der Waals surface area contributed by atoms with Crippen molar-refractivity contribution in [3.05, 3.63) is 23.8 Å². The normalized spacial score (nSPS) is 20.9. The predicted molar refractivity (Wildman–Crippen MR) is 66.8 cm³/mol. The SMILES string of the molecule is OC(CN1CCNCC1)c1ccc2c(c1)OCO2. The average molecular weight is 250 g/mol. The summed E-state index contributed by atoms with van der Waals surface area (Å²) < 4.78 is 10.6. The first-order valence-electron chi connectivity index (χ1n) is 6.33. The molecule has 2 aliphatic rings. The van der Waals surface area contributed by atoms with E-state index in [2.05, 4.69) is 10.2 Å². The van der Waals surface area contributed by atoms with E-state index in [0.717, 1.165) is 43.2 Å². The minimum Gasteiger partial charge on any atom is -0.454 e. The van der Waals surface area contributed by atoms with Crippen molar-refractivity contribution in [3.8, 4) is 11.5 Å². The molecule has 3 rings (SSSR count). The molecule has 98 valence electrons. The van der Waals surface area contributed by atoms with E-state index in [1.54, 1.807) is 0 Å². The molecule has 1 unspecified atom stereocenters. The van der Waals surface area contributed by atoms with Gasteiger partial charge in [-0.15, -0.1) is 0 Å². The molecule has 1 saturated heterocycles. The number of piperazine rings is 1. The molecule has 0 saturated carbocycles. The van der Waals surface area contributed by atoms with Crippen LogP contribution in [-0.4, -0.2) is 49.5 Å². The maximum atomic E-state index is 10.2. The summed E-state index contributed by atoms with van der Waals surface area (Å²) in [6.07, 6.45) is -0.474. The number of nitrogens with one attached hydrogen (secondary N) is 1. The Hall–Kier alpha value is -1.30. The molecule has 0 spiro atoms. The van der Waals surface area contributed by atoms with Crippen LogP contribution in [0, 0.1) is 0 Å². The fraction of sp³-hybridized carbons (Fsp3) is 0.538. The second-order valence-corrected chi connectivity index (χ2v) is 4.68. The Bertz CT molecular complexity index is 419. The molecule has 0 amide bonds. The Morgan fingerprint density at radius 3 is 2.83 bits per heavy atom. The zero-order valence-corrected chi connectivity index (χ0v) is 10.3. The van der Waals surface area contributed by atoms with Crippen molar-refractivity contribution in [1.82, 2.24) is 10.2 Å². The van der Waals surface area contributed by atoms with Crippen LogP contribution in [0.5, 0.6) is 11.5 Å². The van der Waals surface area contributed by atoms with Crippen molar-refractivity contribution in [2.45, 2.75) is 6.10 Å². The molecule has 1 aromatic rings. The van der Waals surface area contributed by atoms with E-state index in [1.807, 2.05) is 18.2 Å². The van der Waals surface area contributed by atoms with E-state index in [1.165, 1.54) is 0 Å². The number of fused-ring (bicyclic) bond motifs is 1. The van der Waals surface area contributed by atoms with Crippen LogP contribution < -0.4 is 14.8 Å². The van der Waals surface area contributed by atoms with Crippen LogP contribution in [0.3, 0.4) is 0 Å². The summed E-state index contributed by atoms with van der Waals surface area (Å²) in [4.78, 5) is 2.27. The Morgan fingerprint density at radius 2 is 2.00 bits per heavy atom. The molecule has 0 aliphatic carbocycles. The monoisotopic (exact) mass is 250 g/mol. The predicted octanol–water partition coefficient (Wildman–Crippen LogP) is 0.354. The van der Waals surface area contributed by atoms with Crippen molar-refractivity contribution in [1.29, 1.82) is 0 Å². The number of hydrogen-bond acceptors (Lipinski definition) is 5. The Balaban J connectivity index is 1.66. The molecule has 1 fully saturated rings. The van der Waals surface area contributed by atoms with Gasteiger partial charge in [-0.25, -0.2) is 0 Å². The third kappa shape index (κ3) is 2.43. The molecule has 2 heterocycles. The van der Waals surface area contributed by atoms with Crippen LogP contribution in [0.1, 0.15) is 11.7 Å². The maximum absolute atomic E-state index is 10.2. The third-order valence-electron chi connectivity index (χ3n) is 3.42. The van der Waals surface area contributed by atoms with Gasteiger partial charge in [0, 0.05) is 32.7 Å². The average Bonchev–Trinajstić information content (AvgIpc) is 2.87. The first-order chi connectivity index (χ1) is 8.83. The van der Waals surface area contributed by atoms with E-state index >= 15 is 0 Å². The summed E-state index contributed by atoms with van der Waals surface area (Å²) >= 11 is 0. The first kappa shape index (κ1) is 11.8. The number of rotatable bonds is 3. The van der Waals surface area contributed by atoms with Gasteiger partial charge >= 0.3 is 0 Å². The maximum Gasteiger partial charge on any atom is 0.231 e. The van der Waals surface area contributed by atoms with E-state index in [4.69, 9.17) is 9.47 Å². The lowest BCUT2D eigenvalue weighted by atomic mass is 10.1. The number of ether oxygens (including phenoxy) is 2. The first-order valence-corrected chi connectivity index (χ1v) is 6.33. The van der Waals surface area contributed by atoms with Gasteiger partial charge in [-0.1, -0.05) is 6.07 Å². The van der Waals surface area contributed by atoms with Gasteiger partial charge in [-0.05, 0) is 17.7 Å². The molecule has 2 aliphatic heterocycles. The van der Waals surface area contributed by atoms with Gasteiger partial charge in [0.05, 0.1) is 6.10 Å². The largest absolute Gasteiger partial charge is 0.454 e. The van der Waals surface area contributed by atoms with E-state index in [0.29, 0.717) is 6.54 Å². The summed E-state index contributed by atoms with van der Waals surface area (Å²) in [5.74, 6) is 1.49. The fourth-order valence-corrected chi connectivity index (χ4v) is 2.36. The van der Waals surface area contributed by atoms with Crippen molar-refractivity contribution in [3.63, 3.8) is 0 Å². The number of benzene rings is 1. The Labute approximate surface area is 106 Å². The van der Waals surface area contributed by atoms with Gasteiger partial charge in [-0.3, -0.25) is 4.90 Å². The van der Waals surface area contributed by atoms with Crippen molar-refractivity contribution in [2.75, 3.05) is 39.5 Å². The summed E-state index contributed by atoms with van der Waals surface area (Å²) in [7, 11) is 0. The molecular formula is C13H18N2O3.